The van der Waals surface area contributed by atoms with E-state index in [1.807, 2.05) is 0 Å². The molecule has 1 aromatic rings. The lowest BCUT2D eigenvalue weighted by Gasteiger charge is -2.27. The third-order valence-electron chi connectivity index (χ3n) is 4.22. The summed E-state index contributed by atoms with van der Waals surface area (Å²) in [5.41, 5.74) is -2.38. The van der Waals surface area contributed by atoms with Crippen LogP contribution in [-0.2, 0) is 4.79 Å². The SMILES string of the molecule is Cc1ncc(C(=O)N2CCC(C(=O)O)(C(F)(F)F)C2)c(C(C)C)n1. The molecule has 0 spiro atoms. The van der Waals surface area contributed by atoms with E-state index in [0.29, 0.717) is 11.5 Å². The number of alkyl halides is 3. The summed E-state index contributed by atoms with van der Waals surface area (Å²) in [6.07, 6.45) is -4.31. The van der Waals surface area contributed by atoms with E-state index in [1.165, 1.54) is 6.20 Å². The van der Waals surface area contributed by atoms with Crippen molar-refractivity contribution in [3.63, 3.8) is 0 Å². The van der Waals surface area contributed by atoms with Gasteiger partial charge in [0.15, 0.2) is 5.41 Å². The van der Waals surface area contributed by atoms with E-state index in [4.69, 9.17) is 5.11 Å². The zero-order valence-electron chi connectivity index (χ0n) is 13.5. The van der Waals surface area contributed by atoms with Crippen molar-refractivity contribution in [1.82, 2.24) is 14.9 Å². The second kappa shape index (κ2) is 6.03. The number of hydrogen-bond donors (Lipinski definition) is 1. The summed E-state index contributed by atoms with van der Waals surface area (Å²) in [5.74, 6) is -2.31. The molecule has 1 amide bonds. The molecular weight excluding hydrogens is 327 g/mol. The van der Waals surface area contributed by atoms with Crippen LogP contribution in [0.5, 0.6) is 0 Å². The lowest BCUT2D eigenvalue weighted by Crippen LogP contribution is -2.47. The van der Waals surface area contributed by atoms with Gasteiger partial charge in [-0.25, -0.2) is 9.97 Å². The van der Waals surface area contributed by atoms with E-state index < -0.39 is 36.4 Å². The molecule has 0 aliphatic carbocycles. The van der Waals surface area contributed by atoms with Crippen LogP contribution in [0.3, 0.4) is 0 Å². The molecule has 2 heterocycles. The van der Waals surface area contributed by atoms with E-state index >= 15 is 0 Å². The van der Waals surface area contributed by atoms with Crippen LogP contribution in [0, 0.1) is 12.3 Å². The summed E-state index contributed by atoms with van der Waals surface area (Å²) in [6, 6.07) is 0. The number of carbonyl (C=O) groups excluding carboxylic acids is 1. The van der Waals surface area contributed by atoms with Crippen molar-refractivity contribution in [3.8, 4) is 0 Å². The number of carboxylic acid groups (broad SMARTS) is 1. The van der Waals surface area contributed by atoms with Crippen LogP contribution in [0.4, 0.5) is 13.2 Å². The summed E-state index contributed by atoms with van der Waals surface area (Å²) in [6.45, 7) is 4.07. The maximum atomic E-state index is 13.2. The number of carboxylic acids is 1. The number of aromatic nitrogens is 2. The Kier molecular flexibility index (Phi) is 4.56. The Balaban J connectivity index is 2.35. The molecule has 132 valence electrons. The fraction of sp³-hybridized carbons (Fsp3) is 0.600. The lowest BCUT2D eigenvalue weighted by molar-refractivity contribution is -0.227. The zero-order valence-corrected chi connectivity index (χ0v) is 13.5. The number of halogens is 3. The summed E-state index contributed by atoms with van der Waals surface area (Å²) in [7, 11) is 0. The third-order valence-corrected chi connectivity index (χ3v) is 4.22. The first kappa shape index (κ1) is 18.2. The first-order chi connectivity index (χ1) is 11.0. The zero-order chi connectivity index (χ0) is 18.3. The van der Waals surface area contributed by atoms with E-state index in [-0.39, 0.29) is 18.0 Å². The highest BCUT2D eigenvalue weighted by atomic mass is 19.4. The van der Waals surface area contributed by atoms with Crippen molar-refractivity contribution >= 4 is 11.9 Å². The molecule has 1 unspecified atom stereocenters. The van der Waals surface area contributed by atoms with Gasteiger partial charge in [0.05, 0.1) is 11.3 Å². The molecule has 2 rings (SSSR count). The molecule has 1 saturated heterocycles. The number of aryl methyl sites for hydroxylation is 1. The summed E-state index contributed by atoms with van der Waals surface area (Å²) < 4.78 is 39.7. The molecule has 0 radical (unpaired) electrons. The monoisotopic (exact) mass is 345 g/mol. The van der Waals surface area contributed by atoms with Crippen molar-refractivity contribution in [2.75, 3.05) is 13.1 Å². The van der Waals surface area contributed by atoms with Crippen LogP contribution >= 0.6 is 0 Å². The number of aliphatic carboxylic acids is 1. The second-order valence-corrected chi connectivity index (χ2v) is 6.23. The molecule has 1 N–H and O–H groups in total. The van der Waals surface area contributed by atoms with Gasteiger partial charge in [-0.3, -0.25) is 9.59 Å². The van der Waals surface area contributed by atoms with Crippen molar-refractivity contribution in [2.24, 2.45) is 5.41 Å². The minimum Gasteiger partial charge on any atom is -0.481 e. The molecule has 1 atom stereocenters. The minimum absolute atomic E-state index is 0.110. The molecule has 24 heavy (non-hydrogen) atoms. The average molecular weight is 345 g/mol. The maximum absolute atomic E-state index is 13.2. The first-order valence-corrected chi connectivity index (χ1v) is 7.42. The first-order valence-electron chi connectivity index (χ1n) is 7.42. The van der Waals surface area contributed by atoms with Gasteiger partial charge >= 0.3 is 12.1 Å². The van der Waals surface area contributed by atoms with Crippen LogP contribution in [0.25, 0.3) is 0 Å². The topological polar surface area (TPSA) is 83.4 Å². The Hall–Kier alpha value is -2.19. The van der Waals surface area contributed by atoms with Gasteiger partial charge in [0.2, 0.25) is 0 Å². The molecule has 6 nitrogen and oxygen atoms in total. The normalized spacial score (nSPS) is 21.4. The largest absolute Gasteiger partial charge is 0.481 e. The molecule has 0 bridgehead atoms. The van der Waals surface area contributed by atoms with Crippen molar-refractivity contribution in [3.05, 3.63) is 23.3 Å². The number of likely N-dealkylation sites (tertiary alicyclic amines) is 1. The smallest absolute Gasteiger partial charge is 0.406 e. The summed E-state index contributed by atoms with van der Waals surface area (Å²) in [5, 5.41) is 9.07. The number of amides is 1. The Labute approximate surface area is 136 Å². The fourth-order valence-electron chi connectivity index (χ4n) is 2.77. The van der Waals surface area contributed by atoms with Crippen LogP contribution < -0.4 is 0 Å². The summed E-state index contributed by atoms with van der Waals surface area (Å²) in [4.78, 5) is 32.9. The fourth-order valence-corrected chi connectivity index (χ4v) is 2.77. The predicted molar refractivity (Wildman–Crippen MR) is 77.5 cm³/mol. The highest BCUT2D eigenvalue weighted by Crippen LogP contribution is 2.46. The molecular formula is C15H18F3N3O3. The van der Waals surface area contributed by atoms with Gasteiger partial charge in [-0.1, -0.05) is 13.8 Å². The second-order valence-electron chi connectivity index (χ2n) is 6.23. The minimum atomic E-state index is -4.93. The Morgan fingerprint density at radius 1 is 1.38 bits per heavy atom. The van der Waals surface area contributed by atoms with Crippen LogP contribution in [0.15, 0.2) is 6.20 Å². The van der Waals surface area contributed by atoms with E-state index in [2.05, 4.69) is 9.97 Å². The molecule has 1 aliphatic rings. The lowest BCUT2D eigenvalue weighted by atomic mass is 9.86. The van der Waals surface area contributed by atoms with E-state index in [0.717, 1.165) is 4.90 Å². The van der Waals surface area contributed by atoms with Crippen LogP contribution in [0.2, 0.25) is 0 Å². The van der Waals surface area contributed by atoms with Crippen molar-refractivity contribution in [1.29, 1.82) is 0 Å². The maximum Gasteiger partial charge on any atom is 0.406 e. The highest BCUT2D eigenvalue weighted by Gasteiger charge is 2.64. The molecule has 1 aliphatic heterocycles. The van der Waals surface area contributed by atoms with Crippen molar-refractivity contribution < 1.29 is 27.9 Å². The number of hydrogen-bond acceptors (Lipinski definition) is 4. The number of rotatable bonds is 3. The van der Waals surface area contributed by atoms with Gasteiger partial charge in [0, 0.05) is 19.3 Å². The Bertz CT molecular complexity index is 676. The van der Waals surface area contributed by atoms with Crippen LogP contribution in [-0.4, -0.2) is 51.1 Å². The van der Waals surface area contributed by atoms with Gasteiger partial charge in [-0.15, -0.1) is 0 Å². The van der Waals surface area contributed by atoms with Gasteiger partial charge in [-0.05, 0) is 19.3 Å². The van der Waals surface area contributed by atoms with Gasteiger partial charge in [-0.2, -0.15) is 13.2 Å². The Morgan fingerprint density at radius 3 is 2.46 bits per heavy atom. The summed E-state index contributed by atoms with van der Waals surface area (Å²) >= 11 is 0. The third kappa shape index (κ3) is 2.94. The predicted octanol–water partition coefficient (Wildman–Crippen LogP) is 2.39. The van der Waals surface area contributed by atoms with Crippen molar-refractivity contribution in [2.45, 2.75) is 39.3 Å². The molecule has 0 aromatic carbocycles. The van der Waals surface area contributed by atoms with Gasteiger partial charge in [0.25, 0.3) is 5.91 Å². The van der Waals surface area contributed by atoms with Gasteiger partial charge < -0.3 is 10.0 Å². The van der Waals surface area contributed by atoms with Crippen LogP contribution in [0.1, 0.15) is 48.1 Å². The highest BCUT2D eigenvalue weighted by molar-refractivity contribution is 5.96. The van der Waals surface area contributed by atoms with E-state index in [9.17, 15) is 22.8 Å². The Morgan fingerprint density at radius 2 is 2.00 bits per heavy atom. The standard InChI is InChI=1S/C15H18F3N3O3/c1-8(2)11-10(6-19-9(3)20-11)12(22)21-5-4-14(7-21,13(23)24)15(16,17)18/h6,8H,4-5,7H2,1-3H3,(H,23,24). The quantitative estimate of drug-likeness (QED) is 0.909. The number of carbonyl (C=O) groups is 2. The molecule has 1 fully saturated rings. The van der Waals surface area contributed by atoms with Gasteiger partial charge in [0.1, 0.15) is 5.82 Å². The van der Waals surface area contributed by atoms with E-state index in [1.54, 1.807) is 20.8 Å². The molecule has 0 saturated carbocycles. The number of nitrogens with zero attached hydrogens (tertiary/aromatic N) is 3. The average Bonchev–Trinajstić information content (AvgIpc) is 2.92. The molecule has 1 aromatic heterocycles. The molecule has 9 heteroatoms.